The molecule has 1 heterocycles. The summed E-state index contributed by atoms with van der Waals surface area (Å²) in [6.45, 7) is 0. The molecule has 2 N–H and O–H groups in total. The summed E-state index contributed by atoms with van der Waals surface area (Å²) in [5.41, 5.74) is 5.11. The first-order valence-electron chi connectivity index (χ1n) is 7.69. The van der Waals surface area contributed by atoms with Crippen LogP contribution >= 0.6 is 27.5 Å². The van der Waals surface area contributed by atoms with Crippen LogP contribution in [0.2, 0.25) is 5.02 Å². The highest BCUT2D eigenvalue weighted by Crippen LogP contribution is 2.26. The number of rotatable bonds is 5. The van der Waals surface area contributed by atoms with Gasteiger partial charge in [-0.15, -0.1) is 0 Å². The Labute approximate surface area is 163 Å². The summed E-state index contributed by atoms with van der Waals surface area (Å²) in [6, 6.07) is 18.7. The summed E-state index contributed by atoms with van der Waals surface area (Å²) in [4.78, 5) is 12.2. The first kappa shape index (κ1) is 18.1. The predicted molar refractivity (Wildman–Crippen MR) is 108 cm³/mol. The number of aromatic nitrogens is 2. The van der Waals surface area contributed by atoms with Crippen LogP contribution in [-0.4, -0.2) is 22.3 Å². The molecule has 7 heteroatoms. The maximum atomic E-state index is 12.2. The molecule has 5 nitrogen and oxygen atoms in total. The van der Waals surface area contributed by atoms with E-state index in [-0.39, 0.29) is 0 Å². The molecule has 0 atom stereocenters. The van der Waals surface area contributed by atoms with Gasteiger partial charge in [-0.05, 0) is 39.7 Å². The van der Waals surface area contributed by atoms with Crippen molar-refractivity contribution in [2.75, 3.05) is 0 Å². The first-order chi connectivity index (χ1) is 12.6. The van der Waals surface area contributed by atoms with E-state index in [1.165, 1.54) is 6.21 Å². The third-order valence-corrected chi connectivity index (χ3v) is 4.19. The summed E-state index contributed by atoms with van der Waals surface area (Å²) in [5.74, 6) is -0.396. The molecule has 0 bridgehead atoms. The molecule has 2 aromatic carbocycles. The largest absolute Gasteiger partial charge is 0.289 e. The Bertz CT molecular complexity index is 966. The highest BCUT2D eigenvalue weighted by atomic mass is 79.9. The maximum absolute atomic E-state index is 12.2. The smallest absolute Gasteiger partial charge is 0.272 e. The number of benzene rings is 2. The van der Waals surface area contributed by atoms with E-state index in [0.29, 0.717) is 16.4 Å². The fraction of sp³-hybridized carbons (Fsp3) is 0. The lowest BCUT2D eigenvalue weighted by molar-refractivity contribution is 0.0950. The lowest BCUT2D eigenvalue weighted by atomic mass is 10.1. The van der Waals surface area contributed by atoms with Crippen LogP contribution in [0.3, 0.4) is 0 Å². The monoisotopic (exact) mass is 428 g/mol. The molecule has 26 heavy (non-hydrogen) atoms. The van der Waals surface area contributed by atoms with Gasteiger partial charge in [0.05, 0.1) is 16.9 Å². The van der Waals surface area contributed by atoms with Crippen molar-refractivity contribution in [1.82, 2.24) is 15.6 Å². The van der Waals surface area contributed by atoms with Crippen molar-refractivity contribution in [2.45, 2.75) is 0 Å². The average molecular weight is 430 g/mol. The van der Waals surface area contributed by atoms with Gasteiger partial charge in [-0.3, -0.25) is 9.89 Å². The normalized spacial score (nSPS) is 11.7. The molecule has 0 spiro atoms. The Morgan fingerprint density at radius 1 is 1.15 bits per heavy atom. The van der Waals surface area contributed by atoms with Crippen LogP contribution in [0, 0.1) is 0 Å². The zero-order valence-electron chi connectivity index (χ0n) is 13.5. The van der Waals surface area contributed by atoms with Crippen LogP contribution in [0.4, 0.5) is 0 Å². The fourth-order valence-electron chi connectivity index (χ4n) is 2.20. The van der Waals surface area contributed by atoms with Crippen molar-refractivity contribution in [3.05, 3.63) is 81.4 Å². The van der Waals surface area contributed by atoms with Crippen molar-refractivity contribution in [2.24, 2.45) is 5.10 Å². The maximum Gasteiger partial charge on any atom is 0.289 e. The van der Waals surface area contributed by atoms with E-state index in [1.807, 2.05) is 54.6 Å². The molecule has 0 saturated carbocycles. The molecule has 0 aliphatic heterocycles. The second kappa shape index (κ2) is 8.60. The molecule has 0 aliphatic carbocycles. The van der Waals surface area contributed by atoms with Gasteiger partial charge >= 0.3 is 0 Å². The van der Waals surface area contributed by atoms with Gasteiger partial charge in [-0.1, -0.05) is 60.1 Å². The Kier molecular flexibility index (Phi) is 5.99. The minimum atomic E-state index is -0.396. The van der Waals surface area contributed by atoms with E-state index >= 15 is 0 Å². The number of allylic oxidation sites excluding steroid dienone is 1. The summed E-state index contributed by atoms with van der Waals surface area (Å²) in [5, 5.41) is 11.3. The van der Waals surface area contributed by atoms with Crippen molar-refractivity contribution >= 4 is 45.7 Å². The van der Waals surface area contributed by atoms with E-state index in [4.69, 9.17) is 11.6 Å². The summed E-state index contributed by atoms with van der Waals surface area (Å²) < 4.78 is 0.727. The zero-order chi connectivity index (χ0) is 18.4. The third-order valence-electron chi connectivity index (χ3n) is 3.43. The molecule has 0 radical (unpaired) electrons. The molecule has 0 saturated heterocycles. The number of carbonyl (C=O) groups excluding carboxylic acids is 1. The third kappa shape index (κ3) is 4.68. The van der Waals surface area contributed by atoms with Crippen molar-refractivity contribution in [3.63, 3.8) is 0 Å². The standard InChI is InChI=1S/C19H14BrClN4O/c20-14(10-13-6-2-1-3-7-13)12-22-25-19(26)18-11-17(23-24-18)15-8-4-5-9-16(15)21/h1-12H,(H,23,24)(H,25,26)/b14-10-,22-12+. The Balaban J connectivity index is 1.64. The number of hydrazone groups is 1. The van der Waals surface area contributed by atoms with Gasteiger partial charge < -0.3 is 0 Å². The molecule has 3 rings (SSSR count). The lowest BCUT2D eigenvalue weighted by Crippen LogP contribution is -2.17. The predicted octanol–water partition coefficient (Wildman–Crippen LogP) is 4.88. The van der Waals surface area contributed by atoms with Gasteiger partial charge in [-0.25, -0.2) is 5.43 Å². The first-order valence-corrected chi connectivity index (χ1v) is 8.86. The van der Waals surface area contributed by atoms with E-state index in [9.17, 15) is 4.79 Å². The van der Waals surface area contributed by atoms with Gasteiger partial charge in [-0.2, -0.15) is 10.2 Å². The number of amides is 1. The number of halogens is 2. The Hall–Kier alpha value is -2.70. The van der Waals surface area contributed by atoms with E-state index in [0.717, 1.165) is 15.6 Å². The van der Waals surface area contributed by atoms with Crippen LogP contribution in [-0.2, 0) is 0 Å². The van der Waals surface area contributed by atoms with E-state index in [2.05, 4.69) is 36.7 Å². The molecule has 3 aromatic rings. The number of H-pyrrole nitrogens is 1. The van der Waals surface area contributed by atoms with Crippen LogP contribution in [0.1, 0.15) is 16.1 Å². The number of nitrogens with zero attached hydrogens (tertiary/aromatic N) is 2. The summed E-state index contributed by atoms with van der Waals surface area (Å²) in [7, 11) is 0. The van der Waals surface area contributed by atoms with Crippen molar-refractivity contribution in [3.8, 4) is 11.3 Å². The van der Waals surface area contributed by atoms with E-state index in [1.54, 1.807) is 12.1 Å². The van der Waals surface area contributed by atoms with Crippen LogP contribution in [0.15, 0.2) is 70.2 Å². The Morgan fingerprint density at radius 3 is 2.65 bits per heavy atom. The Morgan fingerprint density at radius 2 is 1.88 bits per heavy atom. The van der Waals surface area contributed by atoms with Gasteiger partial charge in [0, 0.05) is 10.0 Å². The quantitative estimate of drug-likeness (QED) is 0.448. The minimum Gasteiger partial charge on any atom is -0.272 e. The molecule has 1 amide bonds. The molecule has 1 aromatic heterocycles. The second-order valence-corrected chi connectivity index (χ2v) is 6.61. The lowest BCUT2D eigenvalue weighted by Gasteiger charge is -1.98. The van der Waals surface area contributed by atoms with Gasteiger partial charge in [0.25, 0.3) is 5.91 Å². The molecule has 0 unspecified atom stereocenters. The van der Waals surface area contributed by atoms with Gasteiger partial charge in [0.15, 0.2) is 0 Å². The SMILES string of the molecule is O=C(N/N=C/C(Br)=C/c1ccccc1)c1cc(-c2ccccc2Cl)n[nH]1. The molecule has 0 aliphatic rings. The number of hydrogen-bond donors (Lipinski definition) is 2. The van der Waals surface area contributed by atoms with Crippen LogP contribution in [0.5, 0.6) is 0 Å². The van der Waals surface area contributed by atoms with Crippen molar-refractivity contribution < 1.29 is 4.79 Å². The topological polar surface area (TPSA) is 70.1 Å². The van der Waals surface area contributed by atoms with Crippen LogP contribution in [0.25, 0.3) is 17.3 Å². The second-order valence-electron chi connectivity index (χ2n) is 5.29. The fourth-order valence-corrected chi connectivity index (χ4v) is 2.80. The zero-order valence-corrected chi connectivity index (χ0v) is 15.8. The van der Waals surface area contributed by atoms with Gasteiger partial charge in [0.1, 0.15) is 5.69 Å². The minimum absolute atomic E-state index is 0.292. The number of carbonyl (C=O) groups is 1. The van der Waals surface area contributed by atoms with Gasteiger partial charge in [0.2, 0.25) is 0 Å². The van der Waals surface area contributed by atoms with E-state index < -0.39 is 5.91 Å². The summed E-state index contributed by atoms with van der Waals surface area (Å²) >= 11 is 9.53. The highest BCUT2D eigenvalue weighted by Gasteiger charge is 2.12. The number of hydrogen-bond acceptors (Lipinski definition) is 3. The molecule has 0 fully saturated rings. The molecular formula is C19H14BrClN4O. The number of aromatic amines is 1. The summed E-state index contributed by atoms with van der Waals surface area (Å²) in [6.07, 6.45) is 3.40. The molecular weight excluding hydrogens is 416 g/mol. The average Bonchev–Trinajstić information content (AvgIpc) is 3.13. The highest BCUT2D eigenvalue weighted by molar-refractivity contribution is 9.12. The van der Waals surface area contributed by atoms with Crippen molar-refractivity contribution in [1.29, 1.82) is 0 Å². The number of nitrogens with one attached hydrogen (secondary N) is 2. The van der Waals surface area contributed by atoms with Crippen LogP contribution < -0.4 is 5.43 Å². The molecule has 130 valence electrons.